The van der Waals surface area contributed by atoms with Gasteiger partial charge in [0.15, 0.2) is 0 Å². The molecule has 0 aliphatic heterocycles. The van der Waals surface area contributed by atoms with Crippen LogP contribution in [0.1, 0.15) is 5.76 Å². The molecular formula is C16H11N5O5. The first-order chi connectivity index (χ1) is 12.6. The fraction of sp³-hybridized carbons (Fsp3) is 0. The van der Waals surface area contributed by atoms with E-state index >= 15 is 0 Å². The molecule has 0 atom stereocenters. The van der Waals surface area contributed by atoms with Crippen LogP contribution in [0.25, 0.3) is 11.3 Å². The van der Waals surface area contributed by atoms with Crippen molar-refractivity contribution in [2.24, 2.45) is 5.10 Å². The molecule has 10 heteroatoms. The molecule has 0 unspecified atom stereocenters. The Bertz CT molecular complexity index is 998. The van der Waals surface area contributed by atoms with Crippen molar-refractivity contribution < 1.29 is 14.3 Å². The summed E-state index contributed by atoms with van der Waals surface area (Å²) in [5.74, 6) is 0.603. The van der Waals surface area contributed by atoms with Crippen LogP contribution < -0.4 is 5.43 Å². The fourth-order valence-corrected chi connectivity index (χ4v) is 2.20. The number of hydrogen-bond donors (Lipinski definition) is 1. The topological polar surface area (TPSA) is 137 Å². The van der Waals surface area contributed by atoms with E-state index in [9.17, 15) is 20.2 Å². The summed E-state index contributed by atoms with van der Waals surface area (Å²) in [5.41, 5.74) is 2.51. The van der Waals surface area contributed by atoms with E-state index in [0.29, 0.717) is 17.1 Å². The van der Waals surface area contributed by atoms with Crippen molar-refractivity contribution in [3.05, 3.63) is 80.7 Å². The van der Waals surface area contributed by atoms with Gasteiger partial charge in [0.05, 0.1) is 21.6 Å². The largest absolute Gasteiger partial charge is 0.455 e. The Morgan fingerprint density at radius 1 is 1.00 bits per heavy atom. The van der Waals surface area contributed by atoms with Gasteiger partial charge in [-0.05, 0) is 24.3 Å². The van der Waals surface area contributed by atoms with Gasteiger partial charge in [-0.3, -0.25) is 25.7 Å². The highest BCUT2D eigenvalue weighted by Gasteiger charge is 2.17. The molecular weight excluding hydrogens is 342 g/mol. The van der Waals surface area contributed by atoms with Crippen molar-refractivity contribution in [2.45, 2.75) is 0 Å². The van der Waals surface area contributed by atoms with Gasteiger partial charge in [-0.15, -0.1) is 0 Å². The second-order valence-electron chi connectivity index (χ2n) is 4.97. The molecule has 1 aromatic carbocycles. The van der Waals surface area contributed by atoms with Crippen molar-refractivity contribution in [3.63, 3.8) is 0 Å². The highest BCUT2D eigenvalue weighted by Crippen LogP contribution is 2.30. The number of anilines is 1. The van der Waals surface area contributed by atoms with Crippen LogP contribution in [0, 0.1) is 20.2 Å². The van der Waals surface area contributed by atoms with Crippen molar-refractivity contribution in [1.29, 1.82) is 0 Å². The summed E-state index contributed by atoms with van der Waals surface area (Å²) in [7, 11) is 0. The number of hydrazone groups is 1. The number of rotatable bonds is 6. The third kappa shape index (κ3) is 3.53. The van der Waals surface area contributed by atoms with E-state index in [-0.39, 0.29) is 17.2 Å². The molecule has 10 nitrogen and oxygen atoms in total. The lowest BCUT2D eigenvalue weighted by Gasteiger charge is -1.99. The summed E-state index contributed by atoms with van der Waals surface area (Å²) in [6, 6.07) is 12.1. The van der Waals surface area contributed by atoms with Crippen LogP contribution >= 0.6 is 0 Å². The second kappa shape index (κ2) is 7.21. The molecule has 130 valence electrons. The van der Waals surface area contributed by atoms with Crippen molar-refractivity contribution in [2.75, 3.05) is 5.43 Å². The van der Waals surface area contributed by atoms with Crippen LogP contribution in [-0.2, 0) is 0 Å². The van der Waals surface area contributed by atoms with Crippen molar-refractivity contribution in [1.82, 2.24) is 4.98 Å². The molecule has 2 heterocycles. The molecule has 0 aliphatic rings. The minimum atomic E-state index is -0.579. The Labute approximate surface area is 146 Å². The molecule has 0 saturated heterocycles. The molecule has 1 N–H and O–H groups in total. The van der Waals surface area contributed by atoms with Crippen LogP contribution in [0.2, 0.25) is 0 Å². The van der Waals surface area contributed by atoms with Gasteiger partial charge in [0, 0.05) is 18.3 Å². The summed E-state index contributed by atoms with van der Waals surface area (Å²) < 4.78 is 5.53. The van der Waals surface area contributed by atoms with E-state index in [1.54, 1.807) is 30.3 Å². The zero-order valence-corrected chi connectivity index (χ0v) is 13.1. The maximum absolute atomic E-state index is 11.1. The maximum Gasteiger partial charge on any atom is 0.313 e. The third-order valence-electron chi connectivity index (χ3n) is 3.34. The normalized spacial score (nSPS) is 10.8. The van der Waals surface area contributed by atoms with E-state index in [0.717, 1.165) is 0 Å². The van der Waals surface area contributed by atoms with Crippen LogP contribution in [0.4, 0.5) is 17.2 Å². The quantitative estimate of drug-likeness (QED) is 0.406. The van der Waals surface area contributed by atoms with Gasteiger partial charge in [-0.1, -0.05) is 12.1 Å². The summed E-state index contributed by atoms with van der Waals surface area (Å²) in [6.07, 6.45) is 2.68. The standard InChI is InChI=1S/C16H11N5O5/c22-20(23)13-5-2-1-4-12(13)15-8-7-11(26-15)10-18-19-16-14(21(24)25)6-3-9-17-16/h1-10H,(H,17,19)/b18-10+. The van der Waals surface area contributed by atoms with E-state index in [2.05, 4.69) is 15.5 Å². The Kier molecular flexibility index (Phi) is 4.65. The van der Waals surface area contributed by atoms with Crippen molar-refractivity contribution in [3.8, 4) is 11.3 Å². The van der Waals surface area contributed by atoms with E-state index in [4.69, 9.17) is 4.42 Å². The minimum Gasteiger partial charge on any atom is -0.455 e. The highest BCUT2D eigenvalue weighted by atomic mass is 16.6. The molecule has 0 radical (unpaired) electrons. The summed E-state index contributed by atoms with van der Waals surface area (Å²) in [4.78, 5) is 24.8. The Hall–Kier alpha value is -4.08. The number of aromatic nitrogens is 1. The third-order valence-corrected chi connectivity index (χ3v) is 3.34. The monoisotopic (exact) mass is 353 g/mol. The number of pyridine rings is 1. The summed E-state index contributed by atoms with van der Waals surface area (Å²) >= 11 is 0. The van der Waals surface area contributed by atoms with E-state index < -0.39 is 9.85 Å². The van der Waals surface area contributed by atoms with Gasteiger partial charge in [0.25, 0.3) is 5.69 Å². The molecule has 26 heavy (non-hydrogen) atoms. The van der Waals surface area contributed by atoms with E-state index in [1.165, 1.54) is 30.6 Å². The van der Waals surface area contributed by atoms with Crippen LogP contribution in [0.3, 0.4) is 0 Å². The Morgan fingerprint density at radius 3 is 2.50 bits per heavy atom. The van der Waals surface area contributed by atoms with Crippen LogP contribution in [-0.4, -0.2) is 21.0 Å². The lowest BCUT2D eigenvalue weighted by atomic mass is 10.1. The Morgan fingerprint density at radius 2 is 1.73 bits per heavy atom. The molecule has 0 spiro atoms. The van der Waals surface area contributed by atoms with Gasteiger partial charge in [-0.2, -0.15) is 5.10 Å². The fourth-order valence-electron chi connectivity index (χ4n) is 2.20. The number of nitrogens with zero attached hydrogens (tertiary/aromatic N) is 4. The average Bonchev–Trinajstić information content (AvgIpc) is 3.10. The molecule has 0 amide bonds. The second-order valence-corrected chi connectivity index (χ2v) is 4.97. The average molecular weight is 353 g/mol. The van der Waals surface area contributed by atoms with Crippen LogP contribution in [0.15, 0.2) is 64.2 Å². The minimum absolute atomic E-state index is 0.0146. The predicted octanol–water partition coefficient (Wildman–Crippen LogP) is 3.60. The molecule has 0 aliphatic carbocycles. The molecule has 0 bridgehead atoms. The number of hydrogen-bond acceptors (Lipinski definition) is 8. The first-order valence-electron chi connectivity index (χ1n) is 7.28. The maximum atomic E-state index is 11.1. The first kappa shape index (κ1) is 16.8. The number of furan rings is 1. The van der Waals surface area contributed by atoms with Crippen LogP contribution in [0.5, 0.6) is 0 Å². The number of benzene rings is 1. The first-order valence-corrected chi connectivity index (χ1v) is 7.28. The molecule has 0 saturated carbocycles. The number of nitro groups is 2. The zero-order valence-electron chi connectivity index (χ0n) is 13.1. The molecule has 3 aromatic rings. The van der Waals surface area contributed by atoms with Gasteiger partial charge in [-0.25, -0.2) is 4.98 Å². The lowest BCUT2D eigenvalue weighted by molar-refractivity contribution is -0.384. The van der Waals surface area contributed by atoms with Gasteiger partial charge < -0.3 is 4.42 Å². The molecule has 2 aromatic heterocycles. The lowest BCUT2D eigenvalue weighted by Crippen LogP contribution is -1.98. The Balaban J connectivity index is 1.79. The smallest absolute Gasteiger partial charge is 0.313 e. The summed E-state index contributed by atoms with van der Waals surface area (Å²) in [5, 5.41) is 25.8. The molecule has 3 rings (SSSR count). The van der Waals surface area contributed by atoms with Crippen molar-refractivity contribution >= 4 is 23.4 Å². The van der Waals surface area contributed by atoms with Gasteiger partial charge in [0.1, 0.15) is 11.5 Å². The van der Waals surface area contributed by atoms with Gasteiger partial charge in [0.2, 0.25) is 5.82 Å². The number of para-hydroxylation sites is 1. The number of nitro benzene ring substituents is 1. The highest BCUT2D eigenvalue weighted by molar-refractivity contribution is 5.79. The summed E-state index contributed by atoms with van der Waals surface area (Å²) in [6.45, 7) is 0. The SMILES string of the molecule is O=[N+]([O-])c1ccccc1-c1ccc(/C=N/Nc2ncccc2[N+](=O)[O-])o1. The zero-order chi connectivity index (χ0) is 18.5. The number of nitrogens with one attached hydrogen (secondary N) is 1. The van der Waals surface area contributed by atoms with E-state index in [1.807, 2.05) is 0 Å². The van der Waals surface area contributed by atoms with Gasteiger partial charge >= 0.3 is 5.69 Å². The predicted molar refractivity (Wildman–Crippen MR) is 92.9 cm³/mol. The molecule has 0 fully saturated rings.